The van der Waals surface area contributed by atoms with E-state index in [2.05, 4.69) is 0 Å². The Morgan fingerprint density at radius 1 is 1.23 bits per heavy atom. The van der Waals surface area contributed by atoms with E-state index in [-0.39, 0.29) is 11.3 Å². The highest BCUT2D eigenvalue weighted by Crippen LogP contribution is 2.26. The molecule has 0 aliphatic rings. The zero-order valence-electron chi connectivity index (χ0n) is 11.2. The van der Waals surface area contributed by atoms with Crippen molar-refractivity contribution in [1.29, 1.82) is 5.26 Å². The van der Waals surface area contributed by atoms with Crippen LogP contribution in [0.3, 0.4) is 0 Å². The quantitative estimate of drug-likeness (QED) is 0.857. The molecule has 0 saturated heterocycles. The van der Waals surface area contributed by atoms with Gasteiger partial charge in [0.05, 0.1) is 17.2 Å². The number of carbonyl (C=O) groups is 2. The molecule has 0 bridgehead atoms. The van der Waals surface area contributed by atoms with Crippen molar-refractivity contribution in [1.82, 2.24) is 0 Å². The predicted molar refractivity (Wildman–Crippen MR) is 79.2 cm³/mol. The van der Waals surface area contributed by atoms with E-state index in [4.69, 9.17) is 26.7 Å². The van der Waals surface area contributed by atoms with Crippen molar-refractivity contribution in [2.24, 2.45) is 0 Å². The Balaban J connectivity index is 2.41. The number of nitriles is 1. The summed E-state index contributed by atoms with van der Waals surface area (Å²) in [5.74, 6) is -1.43. The van der Waals surface area contributed by atoms with E-state index in [9.17, 15) is 9.59 Å². The van der Waals surface area contributed by atoms with Gasteiger partial charge in [0.15, 0.2) is 12.4 Å². The van der Waals surface area contributed by atoms with E-state index in [0.29, 0.717) is 16.1 Å². The zero-order chi connectivity index (χ0) is 16.1. The molecule has 0 fully saturated rings. The van der Waals surface area contributed by atoms with Gasteiger partial charge in [-0.25, -0.2) is 4.79 Å². The summed E-state index contributed by atoms with van der Waals surface area (Å²) in [5, 5.41) is 17.9. The molecular weight excluding hydrogens is 306 g/mol. The van der Waals surface area contributed by atoms with Crippen molar-refractivity contribution in [3.63, 3.8) is 0 Å². The normalized spacial score (nSPS) is 9.82. The van der Waals surface area contributed by atoms with E-state index in [0.717, 1.165) is 0 Å². The molecule has 0 aliphatic heterocycles. The van der Waals surface area contributed by atoms with Gasteiger partial charge in [-0.2, -0.15) is 5.26 Å². The Labute approximate surface area is 131 Å². The summed E-state index contributed by atoms with van der Waals surface area (Å²) in [7, 11) is 0. The van der Waals surface area contributed by atoms with Crippen LogP contribution in [0.5, 0.6) is 5.75 Å². The summed E-state index contributed by atoms with van der Waals surface area (Å²) in [6.07, 6.45) is 0. The Morgan fingerprint density at radius 3 is 2.68 bits per heavy atom. The summed E-state index contributed by atoms with van der Waals surface area (Å²) in [6.45, 7) is -0.569. The van der Waals surface area contributed by atoms with Crippen LogP contribution < -0.4 is 4.74 Å². The van der Waals surface area contributed by atoms with Crippen LogP contribution in [0, 0.1) is 11.3 Å². The second-order valence-corrected chi connectivity index (χ2v) is 4.78. The van der Waals surface area contributed by atoms with Crippen LogP contribution >= 0.6 is 11.6 Å². The zero-order valence-corrected chi connectivity index (χ0v) is 12.0. The highest BCUT2D eigenvalue weighted by Gasteiger charge is 2.16. The molecule has 0 saturated carbocycles. The maximum Gasteiger partial charge on any atom is 0.341 e. The minimum absolute atomic E-state index is 0.124. The Bertz CT molecular complexity index is 780. The van der Waals surface area contributed by atoms with Crippen LogP contribution in [0.2, 0.25) is 5.02 Å². The predicted octanol–water partition coefficient (Wildman–Crippen LogP) is 2.91. The number of hydrogen-bond acceptors (Lipinski definition) is 4. The molecule has 1 N–H and O–H groups in total. The molecule has 22 heavy (non-hydrogen) atoms. The lowest BCUT2D eigenvalue weighted by Gasteiger charge is -2.10. The number of nitrogens with zero attached hydrogens (tertiary/aromatic N) is 1. The number of carboxylic acids is 1. The number of ketones is 1. The minimum atomic E-state index is -1.15. The van der Waals surface area contributed by atoms with Gasteiger partial charge in [0.25, 0.3) is 0 Å². The van der Waals surface area contributed by atoms with Crippen LogP contribution in [-0.4, -0.2) is 23.5 Å². The van der Waals surface area contributed by atoms with Crippen molar-refractivity contribution in [3.8, 4) is 11.8 Å². The summed E-state index contributed by atoms with van der Waals surface area (Å²) in [4.78, 5) is 23.1. The average molecular weight is 316 g/mol. The maximum atomic E-state index is 12.5. The lowest BCUT2D eigenvalue weighted by molar-refractivity contribution is -0.139. The maximum absolute atomic E-state index is 12.5. The molecule has 0 heterocycles. The first-order valence-electron chi connectivity index (χ1n) is 6.20. The third kappa shape index (κ3) is 3.62. The number of ether oxygens (including phenoxy) is 1. The summed E-state index contributed by atoms with van der Waals surface area (Å²) >= 11 is 5.89. The van der Waals surface area contributed by atoms with E-state index in [1.807, 2.05) is 6.07 Å². The van der Waals surface area contributed by atoms with Gasteiger partial charge >= 0.3 is 5.97 Å². The van der Waals surface area contributed by atoms with Gasteiger partial charge in [0.1, 0.15) is 5.75 Å². The number of hydrogen-bond donors (Lipinski definition) is 1. The molecule has 0 spiro atoms. The number of benzene rings is 2. The molecule has 5 nitrogen and oxygen atoms in total. The van der Waals surface area contributed by atoms with Gasteiger partial charge in [0, 0.05) is 10.6 Å². The molecule has 0 amide bonds. The number of carboxylic acid groups (broad SMARTS) is 1. The van der Waals surface area contributed by atoms with Crippen LogP contribution in [0.25, 0.3) is 0 Å². The fraction of sp³-hybridized carbons (Fsp3) is 0.0625. The molecule has 0 unspecified atom stereocenters. The lowest BCUT2D eigenvalue weighted by Crippen LogP contribution is -2.12. The van der Waals surface area contributed by atoms with Gasteiger partial charge in [-0.3, -0.25) is 4.79 Å². The van der Waals surface area contributed by atoms with E-state index < -0.39 is 18.4 Å². The second-order valence-electron chi connectivity index (χ2n) is 4.34. The summed E-state index contributed by atoms with van der Waals surface area (Å²) in [6, 6.07) is 12.5. The van der Waals surface area contributed by atoms with E-state index in [1.165, 1.54) is 24.3 Å². The number of aliphatic carboxylic acids is 1. The van der Waals surface area contributed by atoms with Crippen molar-refractivity contribution >= 4 is 23.4 Å². The Morgan fingerprint density at radius 2 is 2.00 bits per heavy atom. The SMILES string of the molecule is N#Cc1cccc(C(=O)c2cc(Cl)ccc2OCC(=O)O)c1. The topological polar surface area (TPSA) is 87.4 Å². The number of rotatable bonds is 5. The van der Waals surface area contributed by atoms with Crippen molar-refractivity contribution < 1.29 is 19.4 Å². The van der Waals surface area contributed by atoms with Crippen LogP contribution in [0.4, 0.5) is 0 Å². The lowest BCUT2D eigenvalue weighted by atomic mass is 10.0. The highest BCUT2D eigenvalue weighted by atomic mass is 35.5. The first-order chi connectivity index (χ1) is 10.5. The molecule has 6 heteroatoms. The van der Waals surface area contributed by atoms with Crippen LogP contribution in [0.1, 0.15) is 21.5 Å². The summed E-state index contributed by atoms with van der Waals surface area (Å²) < 4.78 is 5.11. The van der Waals surface area contributed by atoms with Crippen molar-refractivity contribution in [3.05, 3.63) is 64.2 Å². The van der Waals surface area contributed by atoms with Crippen LogP contribution in [0.15, 0.2) is 42.5 Å². The van der Waals surface area contributed by atoms with Gasteiger partial charge in [-0.05, 0) is 30.3 Å². The monoisotopic (exact) mass is 315 g/mol. The molecule has 0 atom stereocenters. The second kappa shape index (κ2) is 6.74. The van der Waals surface area contributed by atoms with Gasteiger partial charge < -0.3 is 9.84 Å². The van der Waals surface area contributed by atoms with Gasteiger partial charge in [-0.1, -0.05) is 23.7 Å². The molecule has 110 valence electrons. The number of carbonyl (C=O) groups excluding carboxylic acids is 1. The average Bonchev–Trinajstić information content (AvgIpc) is 2.52. The van der Waals surface area contributed by atoms with E-state index in [1.54, 1.807) is 18.2 Å². The summed E-state index contributed by atoms with van der Waals surface area (Å²) in [5.41, 5.74) is 0.784. The van der Waals surface area contributed by atoms with Crippen LogP contribution in [-0.2, 0) is 4.79 Å². The highest BCUT2D eigenvalue weighted by molar-refractivity contribution is 6.31. The smallest absolute Gasteiger partial charge is 0.341 e. The molecular formula is C16H10ClNO4. The van der Waals surface area contributed by atoms with Crippen molar-refractivity contribution in [2.45, 2.75) is 0 Å². The number of halogens is 1. The molecule has 2 aromatic carbocycles. The molecule has 0 aliphatic carbocycles. The largest absolute Gasteiger partial charge is 0.481 e. The third-order valence-corrected chi connectivity index (χ3v) is 3.03. The van der Waals surface area contributed by atoms with E-state index >= 15 is 0 Å². The van der Waals surface area contributed by atoms with Gasteiger partial charge in [-0.15, -0.1) is 0 Å². The minimum Gasteiger partial charge on any atom is -0.481 e. The Hall–Kier alpha value is -2.84. The first-order valence-corrected chi connectivity index (χ1v) is 6.58. The fourth-order valence-electron chi connectivity index (χ4n) is 1.83. The molecule has 0 radical (unpaired) electrons. The van der Waals surface area contributed by atoms with Gasteiger partial charge in [0.2, 0.25) is 0 Å². The molecule has 2 rings (SSSR count). The fourth-order valence-corrected chi connectivity index (χ4v) is 2.00. The standard InChI is InChI=1S/C16H10ClNO4/c17-12-4-5-14(22-9-15(19)20)13(7-12)16(21)11-3-1-2-10(6-11)8-18/h1-7H,9H2,(H,19,20). The molecule has 2 aromatic rings. The van der Waals surface area contributed by atoms with Crippen molar-refractivity contribution in [2.75, 3.05) is 6.61 Å². The Kier molecular flexibility index (Phi) is 4.77. The first kappa shape index (κ1) is 15.5. The molecule has 0 aromatic heterocycles. The third-order valence-electron chi connectivity index (χ3n) is 2.79.